The molecule has 14 atom stereocenters. The summed E-state index contributed by atoms with van der Waals surface area (Å²) in [7, 11) is 3.90. The third-order valence-electron chi connectivity index (χ3n) is 22.8. The summed E-state index contributed by atoms with van der Waals surface area (Å²) in [5.74, 6) is -15.9. The fourth-order valence-corrected chi connectivity index (χ4v) is 16.4. The van der Waals surface area contributed by atoms with Gasteiger partial charge in [0.25, 0.3) is 0 Å². The molecule has 131 heavy (non-hydrogen) atoms. The zero-order valence-corrected chi connectivity index (χ0v) is 75.9. The smallest absolute Gasteiger partial charge is 0.246 e. The molecule has 0 spiro atoms. The number of aliphatic hydroxyl groups is 2. The van der Waals surface area contributed by atoms with Crippen molar-refractivity contribution in [3.8, 4) is 0 Å². The normalized spacial score (nSPS) is 24.1. The zero-order valence-electron chi connectivity index (χ0n) is 75.0. The molecule has 2 fully saturated rings. The number of aliphatic hydroxyl groups excluding tert-OH is 2. The van der Waals surface area contributed by atoms with Crippen molar-refractivity contribution in [2.45, 2.75) is 222 Å². The molecule has 2 unspecified atom stereocenters. The van der Waals surface area contributed by atoms with Crippen LogP contribution < -0.4 is 81.0 Å². The lowest BCUT2D eigenvalue weighted by Crippen LogP contribution is -2.62. The first-order chi connectivity index (χ1) is 62.5. The Balaban J connectivity index is 1.17. The van der Waals surface area contributed by atoms with E-state index in [1.54, 1.807) is 105 Å². The minimum Gasteiger partial charge on any atom is -0.394 e. The van der Waals surface area contributed by atoms with Gasteiger partial charge in [-0.1, -0.05) is 120 Å². The number of H-pyrrole nitrogens is 3. The lowest BCUT2D eigenvalue weighted by Gasteiger charge is -2.33. The highest BCUT2D eigenvalue weighted by Crippen LogP contribution is 2.25. The molecule has 24 N–H and O–H groups in total. The van der Waals surface area contributed by atoms with E-state index >= 15 is 19.2 Å². The molecule has 3 aromatic heterocycles. The summed E-state index contributed by atoms with van der Waals surface area (Å²) in [4.78, 5) is 250. The fourth-order valence-electron chi connectivity index (χ4n) is 15.6. The zero-order chi connectivity index (χ0) is 95.7. The maximum absolute atomic E-state index is 15.4. The van der Waals surface area contributed by atoms with Gasteiger partial charge < -0.3 is 120 Å². The third-order valence-corrected chi connectivity index (χ3v) is 23.9. The van der Waals surface area contributed by atoms with E-state index in [9.17, 15) is 67.7 Å². The number of aromatic amines is 3. The number of para-hydroxylation sites is 2. The number of primary amides is 2. The number of rotatable bonds is 26. The number of carbonyl (C=O) groups excluding carboxylic acids is 16. The molecule has 2 aliphatic heterocycles. The van der Waals surface area contributed by atoms with Crippen molar-refractivity contribution in [2.75, 3.05) is 65.4 Å². The van der Waals surface area contributed by atoms with Gasteiger partial charge in [-0.05, 0) is 93.0 Å². The predicted molar refractivity (Wildman–Crippen MR) is 486 cm³/mol. The summed E-state index contributed by atoms with van der Waals surface area (Å²) in [5, 5.41) is 64.9. The lowest BCUT2D eigenvalue weighted by molar-refractivity contribution is -0.145. The number of likely N-dealkylation sites (N-methyl/N-ethyl adjacent to an activating group) is 3. The maximum Gasteiger partial charge on any atom is 0.246 e. The number of hydrogen-bond acceptors (Lipinski definition) is 22. The van der Waals surface area contributed by atoms with Gasteiger partial charge in [-0.3, -0.25) is 87.4 Å². The first kappa shape index (κ1) is 103. The van der Waals surface area contributed by atoms with Crippen molar-refractivity contribution >= 4 is 134 Å². The molecule has 16 amide bonds. The van der Waals surface area contributed by atoms with Crippen LogP contribution in [0.5, 0.6) is 0 Å². The molecule has 43 heteroatoms. The molecule has 8 rings (SSSR count). The molecule has 0 saturated carbocycles. The highest BCUT2D eigenvalue weighted by atomic mass is 32.2. The fraction of sp³-hybridized carbons (Fsp3) is 0.523. The third kappa shape index (κ3) is 30.8. The highest BCUT2D eigenvalue weighted by molar-refractivity contribution is 8.00. The number of thioether (sulfide) groups is 1. The van der Waals surface area contributed by atoms with Crippen molar-refractivity contribution in [1.82, 2.24) is 103 Å². The topological polar surface area (TPSA) is 633 Å². The minimum absolute atomic E-state index is 0.00491. The van der Waals surface area contributed by atoms with Gasteiger partial charge in [-0.15, -0.1) is 11.8 Å². The molecule has 42 nitrogen and oxygen atoms in total. The van der Waals surface area contributed by atoms with Crippen molar-refractivity contribution in [2.24, 2.45) is 23.1 Å². The number of nitrogens with one attached hydrogen (secondary N) is 16. The van der Waals surface area contributed by atoms with Crippen LogP contribution in [0.2, 0.25) is 0 Å². The Kier molecular flexibility index (Phi) is 40.1. The number of nitrogens with zero attached hydrogens (tertiary/aromatic N) is 5. The van der Waals surface area contributed by atoms with Crippen molar-refractivity contribution in [1.29, 1.82) is 5.41 Å². The van der Waals surface area contributed by atoms with Crippen molar-refractivity contribution in [3.05, 3.63) is 126 Å². The SMILES string of the molecule is CCCC[C@@H]1NC(=O)[C@H](Cc2c[nH]c3ccccc23)NC(O)[C@H](CO)NC(=O)[C@H](Cc2c[nH]c3ccccc23)NC(=O)CN(C)C(=O)[C@H](CC(C)C)NC(=O)[C@H](Cc2cnc[nH]2)NC(=O)C2CCCN2C(=O)[C@H](CC(N)=O)NC(=O)[C@H](C)N(C)C(=O)[C@H](Cc2ccccc2)NC(=O)CSC[C@@H](C(=O)NCC(N)=O)NC(=O)[C@H](CCCNC(=N)N)NC(=O)[C@H](CCCC)N(C)C1=O. The van der Waals surface area contributed by atoms with Crippen LogP contribution in [-0.4, -0.2) is 300 Å². The van der Waals surface area contributed by atoms with Gasteiger partial charge in [0.15, 0.2) is 5.96 Å². The summed E-state index contributed by atoms with van der Waals surface area (Å²) in [6.07, 6.45) is 4.20. The number of amides is 16. The van der Waals surface area contributed by atoms with Gasteiger partial charge in [0.05, 0.1) is 50.3 Å². The van der Waals surface area contributed by atoms with Gasteiger partial charge in [0.2, 0.25) is 94.5 Å². The van der Waals surface area contributed by atoms with E-state index in [0.717, 1.165) is 31.4 Å². The first-order valence-corrected chi connectivity index (χ1v) is 45.1. The van der Waals surface area contributed by atoms with Gasteiger partial charge in [-0.2, -0.15) is 0 Å². The molecule has 6 aromatic rings. The van der Waals surface area contributed by atoms with Crippen LogP contribution >= 0.6 is 11.8 Å². The van der Waals surface area contributed by atoms with Gasteiger partial charge in [0, 0.05) is 105 Å². The number of benzene rings is 3. The molecule has 5 heterocycles. The molecule has 0 radical (unpaired) electrons. The van der Waals surface area contributed by atoms with Gasteiger partial charge in [-0.25, -0.2) is 4.98 Å². The first-order valence-electron chi connectivity index (χ1n) is 44.0. The van der Waals surface area contributed by atoms with Crippen LogP contribution in [0.15, 0.2) is 104 Å². The Morgan fingerprint density at radius 3 is 1.76 bits per heavy atom. The summed E-state index contributed by atoms with van der Waals surface area (Å²) < 4.78 is 0. The number of nitrogens with two attached hydrogens (primary N) is 3. The molecule has 2 aliphatic rings. The number of unbranched alkanes of at least 4 members (excludes halogenated alkanes) is 2. The monoisotopic (exact) mass is 1840 g/mol. The van der Waals surface area contributed by atoms with E-state index in [4.69, 9.17) is 22.6 Å². The Morgan fingerprint density at radius 1 is 0.573 bits per heavy atom. The second-order valence-electron chi connectivity index (χ2n) is 33.4. The lowest BCUT2D eigenvalue weighted by atomic mass is 10.0. The summed E-state index contributed by atoms with van der Waals surface area (Å²) in [6.45, 7) is 6.06. The Hall–Kier alpha value is -13.0. The quantitative estimate of drug-likeness (QED) is 0.0149. The van der Waals surface area contributed by atoms with Crippen molar-refractivity contribution in [3.63, 3.8) is 0 Å². The number of fused-ring (bicyclic) bond motifs is 3. The molecule has 712 valence electrons. The van der Waals surface area contributed by atoms with Crippen LogP contribution in [0.4, 0.5) is 0 Å². The average Bonchev–Trinajstić information content (AvgIpc) is 1.69. The van der Waals surface area contributed by atoms with E-state index in [0.29, 0.717) is 69.9 Å². The number of aromatic nitrogens is 4. The predicted octanol–water partition coefficient (Wildman–Crippen LogP) is -2.69. The van der Waals surface area contributed by atoms with E-state index in [1.165, 1.54) is 40.6 Å². The Labute approximate surface area is 762 Å². The minimum atomic E-state index is -1.99. The average molecular weight is 1840 g/mol. The number of guanidine groups is 1. The second-order valence-corrected chi connectivity index (χ2v) is 34.4. The van der Waals surface area contributed by atoms with Crippen LogP contribution in [0.1, 0.15) is 134 Å². The van der Waals surface area contributed by atoms with Crippen molar-refractivity contribution < 1.29 is 86.9 Å². The van der Waals surface area contributed by atoms with E-state index in [2.05, 4.69) is 83.7 Å². The summed E-state index contributed by atoms with van der Waals surface area (Å²) in [5.41, 5.74) is 20.1. The molecule has 2 saturated heterocycles. The molecular weight excluding hydrogens is 1710 g/mol. The molecule has 3 aromatic carbocycles. The van der Waals surface area contributed by atoms with Gasteiger partial charge >= 0.3 is 0 Å². The number of carbonyl (C=O) groups is 16. The van der Waals surface area contributed by atoms with E-state index in [-0.39, 0.29) is 89.6 Å². The summed E-state index contributed by atoms with van der Waals surface area (Å²) >= 11 is 0.797. The molecule has 0 bridgehead atoms. The van der Waals surface area contributed by atoms with Crippen LogP contribution in [0.3, 0.4) is 0 Å². The second kappa shape index (κ2) is 50.8. The van der Waals surface area contributed by atoms with E-state index < -0.39 is 223 Å². The van der Waals surface area contributed by atoms with Crippen LogP contribution in [0, 0.1) is 11.3 Å². The summed E-state index contributed by atoms with van der Waals surface area (Å²) in [6, 6.07) is 3.34. The highest BCUT2D eigenvalue weighted by Gasteiger charge is 2.43. The molecular formula is C88H126N24O18S. The standard InChI is InChI=1S/C88H126N24O18S/c1-9-11-26-60-85(128)111(8)69(30-12-10-2)82(125)101-59(29-20-32-94-88(91)92)77(120)108-68(76(119)97-43-72(90)115)46-131-47-74(117)100-65(35-51-22-14-13-15-23-51)86(129)110(7)50(5)75(118)105-66(39-71(89)114)87(130)112-33-21-31-70(112)83(126)104-63(38-54-42-93-48-98-54)80(123)106-64(34-49(3)4)84(127)109(6)44-73(116)99-61(36-52-40-95-57-27-18-16-24-55(52)57)78(121)107-67(45-113)81(124)103-62(79(122)102-60)37-53-41-96-58-28-19-17-25-56(53)58/h13-19,22-25,27-28,40-42,48-50,59-70,81,95-96,103,113,124H,9-12,20-21,26,29-39,43-47H2,1-8H3,(H2,89,114)(H2,90,115)(H,93,98)(H,97,119)(H,99,116)(H,100,117)(H,101,125)(H,102,122)(H,104,126)(H,105,118)(H,106,123)(H,107,121)(H,108,120)(H4,91,92,94)/t50-,59-,60-,61-,62-,63-,64-,65-,66-,67-,68-,69-,70?,81?/m0/s1. The van der Waals surface area contributed by atoms with Gasteiger partial charge in [0.1, 0.15) is 72.7 Å². The number of imidazole rings is 1. The Morgan fingerprint density at radius 2 is 1.14 bits per heavy atom. The molecule has 0 aliphatic carbocycles. The van der Waals surface area contributed by atoms with Crippen LogP contribution in [0.25, 0.3) is 21.8 Å². The maximum atomic E-state index is 15.4. The number of hydrogen-bond donors (Lipinski definition) is 21. The Bertz CT molecular complexity index is 4960. The van der Waals surface area contributed by atoms with E-state index in [1.807, 2.05) is 13.8 Å². The largest absolute Gasteiger partial charge is 0.394 e. The van der Waals surface area contributed by atoms with Crippen LogP contribution in [-0.2, 0) is 102 Å².